The topological polar surface area (TPSA) is 29.9 Å². The SMILES string of the molecule is Cc1cnn(CCCNC2CCCCC2)c1. The predicted molar refractivity (Wildman–Crippen MR) is 66.5 cm³/mol. The molecule has 1 aromatic heterocycles. The van der Waals surface area contributed by atoms with E-state index < -0.39 is 0 Å². The minimum absolute atomic E-state index is 0.785. The van der Waals surface area contributed by atoms with Gasteiger partial charge in [0.2, 0.25) is 0 Å². The predicted octanol–water partition coefficient (Wildman–Crippen LogP) is 2.50. The largest absolute Gasteiger partial charge is 0.314 e. The minimum Gasteiger partial charge on any atom is -0.314 e. The summed E-state index contributed by atoms with van der Waals surface area (Å²) in [4.78, 5) is 0. The molecule has 0 radical (unpaired) electrons. The van der Waals surface area contributed by atoms with E-state index in [0.29, 0.717) is 0 Å². The first-order valence-electron chi connectivity index (χ1n) is 6.57. The van der Waals surface area contributed by atoms with Gasteiger partial charge < -0.3 is 5.32 Å². The minimum atomic E-state index is 0.785. The van der Waals surface area contributed by atoms with Crippen LogP contribution < -0.4 is 5.32 Å². The fourth-order valence-electron chi connectivity index (χ4n) is 2.44. The normalized spacial score (nSPS) is 17.8. The zero-order valence-corrected chi connectivity index (χ0v) is 10.3. The second kappa shape index (κ2) is 6.04. The summed E-state index contributed by atoms with van der Waals surface area (Å²) in [6.07, 6.45) is 12.2. The van der Waals surface area contributed by atoms with Gasteiger partial charge in [-0.15, -0.1) is 0 Å². The second-order valence-corrected chi connectivity index (χ2v) is 4.92. The van der Waals surface area contributed by atoms with Gasteiger partial charge in [0.15, 0.2) is 0 Å². The molecule has 1 saturated carbocycles. The Bertz CT molecular complexity index is 300. The summed E-state index contributed by atoms with van der Waals surface area (Å²) in [6.45, 7) is 4.25. The van der Waals surface area contributed by atoms with Gasteiger partial charge in [-0.1, -0.05) is 19.3 Å². The van der Waals surface area contributed by atoms with Crippen LogP contribution >= 0.6 is 0 Å². The highest BCUT2D eigenvalue weighted by Crippen LogP contribution is 2.17. The fourth-order valence-corrected chi connectivity index (χ4v) is 2.44. The van der Waals surface area contributed by atoms with E-state index in [1.54, 1.807) is 0 Å². The van der Waals surface area contributed by atoms with Gasteiger partial charge in [-0.25, -0.2) is 0 Å². The van der Waals surface area contributed by atoms with Crippen LogP contribution in [0.3, 0.4) is 0 Å². The third kappa shape index (κ3) is 3.63. The number of rotatable bonds is 5. The summed E-state index contributed by atoms with van der Waals surface area (Å²) >= 11 is 0. The average Bonchev–Trinajstić information content (AvgIpc) is 2.72. The molecular formula is C13H23N3. The van der Waals surface area contributed by atoms with Crippen molar-refractivity contribution < 1.29 is 0 Å². The molecule has 1 aliphatic rings. The lowest BCUT2D eigenvalue weighted by molar-refractivity contribution is 0.367. The van der Waals surface area contributed by atoms with Crippen molar-refractivity contribution in [3.8, 4) is 0 Å². The van der Waals surface area contributed by atoms with E-state index in [4.69, 9.17) is 0 Å². The zero-order chi connectivity index (χ0) is 11.2. The summed E-state index contributed by atoms with van der Waals surface area (Å²) in [6, 6.07) is 0.785. The molecule has 1 aliphatic carbocycles. The van der Waals surface area contributed by atoms with E-state index in [1.807, 2.05) is 10.9 Å². The van der Waals surface area contributed by atoms with Crippen LogP contribution in [0.1, 0.15) is 44.1 Å². The summed E-state index contributed by atoms with van der Waals surface area (Å²) < 4.78 is 2.04. The quantitative estimate of drug-likeness (QED) is 0.774. The molecule has 90 valence electrons. The van der Waals surface area contributed by atoms with Crippen LogP contribution in [0.5, 0.6) is 0 Å². The van der Waals surface area contributed by atoms with E-state index in [2.05, 4.69) is 23.5 Å². The Kier molecular flexibility index (Phi) is 4.40. The van der Waals surface area contributed by atoms with Crippen LogP contribution in [0.25, 0.3) is 0 Å². The molecule has 1 aromatic rings. The molecule has 1 N–H and O–H groups in total. The van der Waals surface area contributed by atoms with Gasteiger partial charge in [-0.2, -0.15) is 5.10 Å². The summed E-state index contributed by atoms with van der Waals surface area (Å²) in [7, 11) is 0. The standard InChI is InChI=1S/C13H23N3/c1-12-10-15-16(11-12)9-5-8-14-13-6-3-2-4-7-13/h10-11,13-14H,2-9H2,1H3. The van der Waals surface area contributed by atoms with E-state index in [1.165, 1.54) is 44.1 Å². The van der Waals surface area contributed by atoms with Gasteiger partial charge in [0, 0.05) is 18.8 Å². The van der Waals surface area contributed by atoms with Gasteiger partial charge in [-0.05, 0) is 38.3 Å². The highest BCUT2D eigenvalue weighted by Gasteiger charge is 2.11. The Balaban J connectivity index is 1.57. The zero-order valence-electron chi connectivity index (χ0n) is 10.3. The maximum atomic E-state index is 4.29. The lowest BCUT2D eigenvalue weighted by atomic mass is 9.95. The Hall–Kier alpha value is -0.830. The monoisotopic (exact) mass is 221 g/mol. The first kappa shape index (κ1) is 11.6. The Morgan fingerprint density at radius 2 is 2.19 bits per heavy atom. The van der Waals surface area contributed by atoms with Crippen molar-refractivity contribution in [1.29, 1.82) is 0 Å². The molecule has 1 heterocycles. The van der Waals surface area contributed by atoms with Crippen LogP contribution in [-0.4, -0.2) is 22.4 Å². The second-order valence-electron chi connectivity index (χ2n) is 4.92. The van der Waals surface area contributed by atoms with Crippen molar-refractivity contribution in [2.75, 3.05) is 6.54 Å². The maximum Gasteiger partial charge on any atom is 0.0518 e. The van der Waals surface area contributed by atoms with Crippen molar-refractivity contribution in [1.82, 2.24) is 15.1 Å². The van der Waals surface area contributed by atoms with Gasteiger partial charge in [0.05, 0.1) is 6.20 Å². The molecule has 0 bridgehead atoms. The molecule has 16 heavy (non-hydrogen) atoms. The molecule has 3 nitrogen and oxygen atoms in total. The van der Waals surface area contributed by atoms with Crippen molar-refractivity contribution in [3.63, 3.8) is 0 Å². The molecule has 0 atom stereocenters. The molecule has 0 amide bonds. The average molecular weight is 221 g/mol. The lowest BCUT2D eigenvalue weighted by Crippen LogP contribution is -2.32. The van der Waals surface area contributed by atoms with E-state index >= 15 is 0 Å². The third-order valence-corrected chi connectivity index (χ3v) is 3.36. The molecule has 0 aliphatic heterocycles. The van der Waals surface area contributed by atoms with Gasteiger partial charge in [-0.3, -0.25) is 4.68 Å². The van der Waals surface area contributed by atoms with Crippen molar-refractivity contribution >= 4 is 0 Å². The van der Waals surface area contributed by atoms with E-state index in [9.17, 15) is 0 Å². The molecule has 0 saturated heterocycles. The van der Waals surface area contributed by atoms with E-state index in [-0.39, 0.29) is 0 Å². The van der Waals surface area contributed by atoms with Crippen molar-refractivity contribution in [3.05, 3.63) is 18.0 Å². The number of nitrogens with zero attached hydrogens (tertiary/aromatic N) is 2. The summed E-state index contributed by atoms with van der Waals surface area (Å²) in [5.41, 5.74) is 1.25. The van der Waals surface area contributed by atoms with Crippen LogP contribution in [0.4, 0.5) is 0 Å². The van der Waals surface area contributed by atoms with Crippen molar-refractivity contribution in [2.45, 2.75) is 58.0 Å². The lowest BCUT2D eigenvalue weighted by Gasteiger charge is -2.22. The Morgan fingerprint density at radius 1 is 1.38 bits per heavy atom. The van der Waals surface area contributed by atoms with Crippen LogP contribution in [-0.2, 0) is 6.54 Å². The summed E-state index contributed by atoms with van der Waals surface area (Å²) in [5.74, 6) is 0. The van der Waals surface area contributed by atoms with E-state index in [0.717, 1.165) is 19.1 Å². The number of hydrogen-bond donors (Lipinski definition) is 1. The molecule has 0 aromatic carbocycles. The Labute approximate surface area is 98.2 Å². The number of aryl methyl sites for hydroxylation is 2. The van der Waals surface area contributed by atoms with Gasteiger partial charge in [0.1, 0.15) is 0 Å². The highest BCUT2D eigenvalue weighted by molar-refractivity contribution is 4.99. The number of aromatic nitrogens is 2. The first-order chi connectivity index (χ1) is 7.84. The molecule has 1 fully saturated rings. The van der Waals surface area contributed by atoms with Crippen LogP contribution in [0.2, 0.25) is 0 Å². The molecule has 0 spiro atoms. The number of hydrogen-bond acceptors (Lipinski definition) is 2. The van der Waals surface area contributed by atoms with Gasteiger partial charge >= 0.3 is 0 Å². The summed E-state index contributed by atoms with van der Waals surface area (Å²) in [5, 5.41) is 7.95. The van der Waals surface area contributed by atoms with Crippen LogP contribution in [0.15, 0.2) is 12.4 Å². The van der Waals surface area contributed by atoms with Crippen LogP contribution in [0, 0.1) is 6.92 Å². The van der Waals surface area contributed by atoms with Crippen molar-refractivity contribution in [2.24, 2.45) is 0 Å². The Morgan fingerprint density at radius 3 is 2.88 bits per heavy atom. The first-order valence-corrected chi connectivity index (χ1v) is 6.57. The molecule has 3 heteroatoms. The molecular weight excluding hydrogens is 198 g/mol. The maximum absolute atomic E-state index is 4.29. The third-order valence-electron chi connectivity index (χ3n) is 3.36. The smallest absolute Gasteiger partial charge is 0.0518 e. The molecule has 2 rings (SSSR count). The van der Waals surface area contributed by atoms with Gasteiger partial charge in [0.25, 0.3) is 0 Å². The number of nitrogens with one attached hydrogen (secondary N) is 1. The fraction of sp³-hybridized carbons (Fsp3) is 0.769. The highest BCUT2D eigenvalue weighted by atomic mass is 15.3. The molecule has 0 unspecified atom stereocenters.